The summed E-state index contributed by atoms with van der Waals surface area (Å²) >= 11 is 1.68. The van der Waals surface area contributed by atoms with E-state index in [2.05, 4.69) is 11.4 Å². The normalized spacial score (nSPS) is 19.9. The van der Waals surface area contributed by atoms with Gasteiger partial charge in [-0.3, -0.25) is 4.79 Å². The van der Waals surface area contributed by atoms with Crippen molar-refractivity contribution in [3.63, 3.8) is 0 Å². The highest BCUT2D eigenvalue weighted by Gasteiger charge is 2.25. The molecule has 1 amide bonds. The lowest BCUT2D eigenvalue weighted by atomic mass is 10.0. The molecule has 4 nitrogen and oxygen atoms in total. The number of rotatable bonds is 5. The average molecular weight is 291 g/mol. The van der Waals surface area contributed by atoms with Crippen LogP contribution in [0.2, 0.25) is 0 Å². The molecular formula is C15H17NO3S. The van der Waals surface area contributed by atoms with Crippen LogP contribution in [0.5, 0.6) is 0 Å². The molecule has 3 rings (SSSR count). The van der Waals surface area contributed by atoms with Crippen molar-refractivity contribution >= 4 is 17.2 Å². The maximum atomic E-state index is 12.1. The topological polar surface area (TPSA) is 51.5 Å². The zero-order chi connectivity index (χ0) is 13.8. The Morgan fingerprint density at radius 1 is 1.45 bits per heavy atom. The molecule has 106 valence electrons. The Kier molecular flexibility index (Phi) is 4.18. The summed E-state index contributed by atoms with van der Waals surface area (Å²) in [7, 11) is 0. The van der Waals surface area contributed by atoms with E-state index in [0.717, 1.165) is 12.2 Å². The smallest absolute Gasteiger partial charge is 0.225 e. The average Bonchev–Trinajstić information content (AvgIpc) is 3.22. The quantitative estimate of drug-likeness (QED) is 0.921. The molecule has 2 atom stereocenters. The Bertz CT molecular complexity index is 495. The first-order chi connectivity index (χ1) is 9.84. The highest BCUT2D eigenvalue weighted by atomic mass is 32.1. The molecule has 0 radical (unpaired) electrons. The summed E-state index contributed by atoms with van der Waals surface area (Å²) in [5.41, 5.74) is 0. The molecule has 0 aliphatic carbocycles. The fraction of sp³-hybridized carbons (Fsp3) is 0.400. The van der Waals surface area contributed by atoms with Gasteiger partial charge in [0.2, 0.25) is 5.91 Å². The summed E-state index contributed by atoms with van der Waals surface area (Å²) in [5, 5.41) is 5.07. The predicted octanol–water partition coefficient (Wildman–Crippen LogP) is 2.63. The van der Waals surface area contributed by atoms with Crippen LogP contribution < -0.4 is 5.32 Å². The van der Waals surface area contributed by atoms with Crippen LogP contribution in [-0.2, 0) is 9.53 Å². The van der Waals surface area contributed by atoms with Crippen molar-refractivity contribution in [3.05, 3.63) is 46.5 Å². The number of ether oxygens (including phenoxy) is 1. The van der Waals surface area contributed by atoms with E-state index in [1.807, 2.05) is 23.6 Å². The molecule has 2 aromatic heterocycles. The summed E-state index contributed by atoms with van der Waals surface area (Å²) in [6.07, 6.45) is 2.48. The molecule has 0 spiro atoms. The van der Waals surface area contributed by atoms with Gasteiger partial charge in [-0.05, 0) is 30.0 Å². The Labute approximate surface area is 121 Å². The monoisotopic (exact) mass is 291 g/mol. The van der Waals surface area contributed by atoms with Crippen molar-refractivity contribution in [1.82, 2.24) is 5.32 Å². The van der Waals surface area contributed by atoms with Gasteiger partial charge in [-0.1, -0.05) is 6.07 Å². The van der Waals surface area contributed by atoms with Crippen LogP contribution >= 0.6 is 11.3 Å². The van der Waals surface area contributed by atoms with Gasteiger partial charge in [-0.15, -0.1) is 11.3 Å². The van der Waals surface area contributed by atoms with Gasteiger partial charge in [0.15, 0.2) is 0 Å². The number of thiophene rings is 1. The Hall–Kier alpha value is -1.59. The van der Waals surface area contributed by atoms with Gasteiger partial charge in [-0.2, -0.15) is 0 Å². The van der Waals surface area contributed by atoms with Gasteiger partial charge >= 0.3 is 0 Å². The van der Waals surface area contributed by atoms with E-state index in [0.29, 0.717) is 19.8 Å². The van der Waals surface area contributed by atoms with E-state index in [-0.39, 0.29) is 17.7 Å². The number of nitrogens with one attached hydrogen (secondary N) is 1. The summed E-state index contributed by atoms with van der Waals surface area (Å²) in [5.74, 6) is 1.04. The molecule has 1 aliphatic heterocycles. The summed E-state index contributed by atoms with van der Waals surface area (Å²) in [4.78, 5) is 13.3. The van der Waals surface area contributed by atoms with Crippen LogP contribution in [0, 0.1) is 5.92 Å². The van der Waals surface area contributed by atoms with E-state index in [4.69, 9.17) is 9.15 Å². The fourth-order valence-corrected chi connectivity index (χ4v) is 3.24. The predicted molar refractivity (Wildman–Crippen MR) is 76.8 cm³/mol. The lowest BCUT2D eigenvalue weighted by Crippen LogP contribution is -2.34. The lowest BCUT2D eigenvalue weighted by molar-refractivity contribution is -0.124. The third kappa shape index (κ3) is 2.94. The molecule has 1 N–H and O–H groups in total. The maximum Gasteiger partial charge on any atom is 0.225 e. The second-order valence-electron chi connectivity index (χ2n) is 4.89. The molecule has 1 fully saturated rings. The largest absolute Gasteiger partial charge is 0.469 e. The lowest BCUT2D eigenvalue weighted by Gasteiger charge is -2.15. The van der Waals surface area contributed by atoms with Crippen molar-refractivity contribution in [1.29, 1.82) is 0 Å². The Morgan fingerprint density at radius 2 is 2.40 bits per heavy atom. The van der Waals surface area contributed by atoms with E-state index in [9.17, 15) is 4.79 Å². The van der Waals surface area contributed by atoms with Crippen molar-refractivity contribution in [2.24, 2.45) is 5.92 Å². The van der Waals surface area contributed by atoms with Crippen LogP contribution in [0.1, 0.15) is 23.0 Å². The van der Waals surface area contributed by atoms with Crippen LogP contribution in [0.4, 0.5) is 0 Å². The molecule has 20 heavy (non-hydrogen) atoms. The minimum Gasteiger partial charge on any atom is -0.469 e. The van der Waals surface area contributed by atoms with Gasteiger partial charge < -0.3 is 14.5 Å². The zero-order valence-electron chi connectivity index (χ0n) is 11.1. The third-order valence-corrected chi connectivity index (χ3v) is 4.54. The molecule has 1 saturated heterocycles. The zero-order valence-corrected chi connectivity index (χ0v) is 11.9. The first-order valence-electron chi connectivity index (χ1n) is 6.77. The van der Waals surface area contributed by atoms with Gasteiger partial charge in [0.05, 0.1) is 24.7 Å². The molecule has 5 heteroatoms. The third-order valence-electron chi connectivity index (χ3n) is 3.55. The van der Waals surface area contributed by atoms with E-state index in [1.54, 1.807) is 17.6 Å². The number of amides is 1. The van der Waals surface area contributed by atoms with E-state index in [1.165, 1.54) is 4.88 Å². The highest BCUT2D eigenvalue weighted by Crippen LogP contribution is 2.28. The van der Waals surface area contributed by atoms with Crippen molar-refractivity contribution in [2.75, 3.05) is 19.8 Å². The number of furan rings is 1. The van der Waals surface area contributed by atoms with Gasteiger partial charge in [-0.25, -0.2) is 0 Å². The van der Waals surface area contributed by atoms with Crippen LogP contribution in [0.3, 0.4) is 0 Å². The SMILES string of the molecule is O=C(NC[C@@H](c1ccco1)c1cccs1)[C@H]1CCOC1. The summed E-state index contributed by atoms with van der Waals surface area (Å²) in [6, 6.07) is 7.92. The van der Waals surface area contributed by atoms with Gasteiger partial charge in [0.25, 0.3) is 0 Å². The Balaban J connectivity index is 1.66. The standard InChI is InChI=1S/C15H17NO3S/c17-15(11-5-7-18-10-11)16-9-12(13-3-1-6-19-13)14-4-2-8-20-14/h1-4,6,8,11-12H,5,7,9-10H2,(H,16,17)/t11-,12-/m0/s1. The summed E-state index contributed by atoms with van der Waals surface area (Å²) < 4.78 is 10.8. The molecular weight excluding hydrogens is 274 g/mol. The number of carbonyl (C=O) groups excluding carboxylic acids is 1. The summed E-state index contributed by atoms with van der Waals surface area (Å²) in [6.45, 7) is 1.78. The minimum atomic E-state index is -0.00409. The van der Waals surface area contributed by atoms with Crippen molar-refractivity contribution in [2.45, 2.75) is 12.3 Å². The highest BCUT2D eigenvalue weighted by molar-refractivity contribution is 7.10. The van der Waals surface area contributed by atoms with Crippen LogP contribution in [0.15, 0.2) is 40.3 Å². The maximum absolute atomic E-state index is 12.1. The fourth-order valence-electron chi connectivity index (χ4n) is 2.41. The van der Waals surface area contributed by atoms with Crippen LogP contribution in [-0.4, -0.2) is 25.7 Å². The Morgan fingerprint density at radius 3 is 3.05 bits per heavy atom. The molecule has 3 heterocycles. The number of hydrogen-bond acceptors (Lipinski definition) is 4. The first kappa shape index (κ1) is 13.4. The molecule has 0 saturated carbocycles. The van der Waals surface area contributed by atoms with Crippen molar-refractivity contribution < 1.29 is 13.9 Å². The second-order valence-corrected chi connectivity index (χ2v) is 5.87. The number of carbonyl (C=O) groups is 1. The van der Waals surface area contributed by atoms with Crippen molar-refractivity contribution in [3.8, 4) is 0 Å². The molecule has 0 bridgehead atoms. The minimum absolute atomic E-state index is 0.00409. The molecule has 1 aliphatic rings. The van der Waals surface area contributed by atoms with Crippen LogP contribution in [0.25, 0.3) is 0 Å². The first-order valence-corrected chi connectivity index (χ1v) is 7.65. The van der Waals surface area contributed by atoms with E-state index < -0.39 is 0 Å². The van der Waals surface area contributed by atoms with E-state index >= 15 is 0 Å². The number of hydrogen-bond donors (Lipinski definition) is 1. The van der Waals surface area contributed by atoms with Gasteiger partial charge in [0, 0.05) is 18.0 Å². The molecule has 0 aromatic carbocycles. The van der Waals surface area contributed by atoms with Gasteiger partial charge in [0.1, 0.15) is 5.76 Å². The molecule has 0 unspecified atom stereocenters. The molecule has 2 aromatic rings. The second kappa shape index (κ2) is 6.24.